The van der Waals surface area contributed by atoms with Crippen molar-refractivity contribution in [3.63, 3.8) is 0 Å². The second kappa shape index (κ2) is 13.9. The highest BCUT2D eigenvalue weighted by Crippen LogP contribution is 2.11. The predicted octanol–water partition coefficient (Wildman–Crippen LogP) is 3.18. The van der Waals surface area contributed by atoms with Crippen LogP contribution in [0.3, 0.4) is 0 Å². The summed E-state index contributed by atoms with van der Waals surface area (Å²) in [7, 11) is 0. The standard InChI is InChI=1S/C22H38N4O4/c1-4-28-22(27)26-14-10-19(11-15-26)25-21(23-12-5-6-16-29-18(2)3)24-13-9-20-8-7-17-30-20/h7-8,17-19H,4-6,9-16H2,1-3H3,(H2,23,24,25). The van der Waals surface area contributed by atoms with Gasteiger partial charge in [-0.1, -0.05) is 0 Å². The molecule has 0 bridgehead atoms. The molecule has 2 rings (SSSR count). The molecule has 1 fully saturated rings. The van der Waals surface area contributed by atoms with Crippen LogP contribution < -0.4 is 10.6 Å². The summed E-state index contributed by atoms with van der Waals surface area (Å²) in [5.41, 5.74) is 0. The van der Waals surface area contributed by atoms with Gasteiger partial charge in [0.25, 0.3) is 0 Å². The molecule has 1 saturated heterocycles. The van der Waals surface area contributed by atoms with Gasteiger partial charge in [0.05, 0.1) is 19.0 Å². The lowest BCUT2D eigenvalue weighted by atomic mass is 10.1. The van der Waals surface area contributed by atoms with E-state index in [1.165, 1.54) is 0 Å². The maximum Gasteiger partial charge on any atom is 0.409 e. The quantitative estimate of drug-likeness (QED) is 0.323. The van der Waals surface area contributed by atoms with E-state index in [-0.39, 0.29) is 18.2 Å². The average molecular weight is 423 g/mol. The number of aliphatic imine (C=N–C) groups is 1. The van der Waals surface area contributed by atoms with E-state index in [1.807, 2.05) is 19.1 Å². The first-order chi connectivity index (χ1) is 14.6. The Balaban J connectivity index is 1.78. The second-order valence-electron chi connectivity index (χ2n) is 7.72. The number of carbonyl (C=O) groups is 1. The molecule has 1 aromatic heterocycles. The largest absolute Gasteiger partial charge is 0.469 e. The highest BCUT2D eigenvalue weighted by atomic mass is 16.6. The first-order valence-corrected chi connectivity index (χ1v) is 11.2. The van der Waals surface area contributed by atoms with Crippen LogP contribution >= 0.6 is 0 Å². The Kier molecular flexibility index (Phi) is 11.1. The van der Waals surface area contributed by atoms with Crippen LogP contribution in [0.1, 0.15) is 52.2 Å². The van der Waals surface area contributed by atoms with Gasteiger partial charge in [0.2, 0.25) is 0 Å². The third-order valence-electron chi connectivity index (χ3n) is 4.88. The fourth-order valence-corrected chi connectivity index (χ4v) is 3.25. The Hall–Kier alpha value is -2.22. The van der Waals surface area contributed by atoms with Crippen LogP contribution in [0.4, 0.5) is 4.79 Å². The summed E-state index contributed by atoms with van der Waals surface area (Å²) in [5, 5.41) is 6.95. The van der Waals surface area contributed by atoms with Gasteiger partial charge in [-0.3, -0.25) is 4.99 Å². The number of likely N-dealkylation sites (tertiary alicyclic amines) is 1. The molecule has 8 heteroatoms. The Morgan fingerprint density at radius 2 is 2.13 bits per heavy atom. The van der Waals surface area contributed by atoms with Crippen molar-refractivity contribution in [3.05, 3.63) is 24.2 Å². The number of guanidine groups is 1. The maximum absolute atomic E-state index is 11.9. The molecule has 0 aliphatic carbocycles. The predicted molar refractivity (Wildman–Crippen MR) is 118 cm³/mol. The van der Waals surface area contributed by atoms with Crippen molar-refractivity contribution >= 4 is 12.1 Å². The smallest absolute Gasteiger partial charge is 0.409 e. The minimum absolute atomic E-state index is 0.218. The zero-order valence-electron chi connectivity index (χ0n) is 18.7. The molecule has 0 atom stereocenters. The van der Waals surface area contributed by atoms with Crippen molar-refractivity contribution in [2.75, 3.05) is 39.4 Å². The normalized spacial score (nSPS) is 15.5. The first-order valence-electron chi connectivity index (χ1n) is 11.2. The monoisotopic (exact) mass is 422 g/mol. The molecule has 30 heavy (non-hydrogen) atoms. The molecular weight excluding hydrogens is 384 g/mol. The zero-order chi connectivity index (χ0) is 21.6. The van der Waals surface area contributed by atoms with E-state index in [9.17, 15) is 4.79 Å². The molecule has 2 heterocycles. The molecule has 1 amide bonds. The Labute approximate surface area is 180 Å². The zero-order valence-corrected chi connectivity index (χ0v) is 18.7. The fourth-order valence-electron chi connectivity index (χ4n) is 3.25. The van der Waals surface area contributed by atoms with Crippen LogP contribution in [0.15, 0.2) is 27.8 Å². The molecule has 0 unspecified atom stereocenters. The number of furan rings is 1. The molecule has 0 radical (unpaired) electrons. The van der Waals surface area contributed by atoms with Gasteiger partial charge in [0.1, 0.15) is 5.76 Å². The highest BCUT2D eigenvalue weighted by Gasteiger charge is 2.24. The molecule has 170 valence electrons. The number of hydrogen-bond donors (Lipinski definition) is 2. The molecule has 1 aromatic rings. The molecule has 0 saturated carbocycles. The third-order valence-corrected chi connectivity index (χ3v) is 4.88. The number of amides is 1. The fraction of sp³-hybridized carbons (Fsp3) is 0.727. The summed E-state index contributed by atoms with van der Waals surface area (Å²) in [6.07, 6.45) is 6.29. The van der Waals surface area contributed by atoms with Crippen molar-refractivity contribution in [1.82, 2.24) is 15.5 Å². The van der Waals surface area contributed by atoms with Crippen LogP contribution in [0.25, 0.3) is 0 Å². The summed E-state index contributed by atoms with van der Waals surface area (Å²) in [6, 6.07) is 4.17. The van der Waals surface area contributed by atoms with E-state index < -0.39 is 0 Å². The van der Waals surface area contributed by atoms with Crippen molar-refractivity contribution in [3.8, 4) is 0 Å². The second-order valence-corrected chi connectivity index (χ2v) is 7.72. The molecule has 1 aliphatic heterocycles. The highest BCUT2D eigenvalue weighted by molar-refractivity contribution is 5.80. The van der Waals surface area contributed by atoms with Crippen LogP contribution in [0, 0.1) is 0 Å². The van der Waals surface area contributed by atoms with E-state index in [1.54, 1.807) is 11.2 Å². The van der Waals surface area contributed by atoms with Crippen LogP contribution in [-0.4, -0.2) is 68.5 Å². The number of unbranched alkanes of at least 4 members (excludes halogenated alkanes) is 1. The van der Waals surface area contributed by atoms with Crippen LogP contribution in [0.5, 0.6) is 0 Å². The number of hydrogen-bond acceptors (Lipinski definition) is 5. The molecular formula is C22H38N4O4. The average Bonchev–Trinajstić information content (AvgIpc) is 3.24. The van der Waals surface area contributed by atoms with Crippen LogP contribution in [-0.2, 0) is 15.9 Å². The number of ether oxygens (including phenoxy) is 2. The first kappa shape index (κ1) is 24.1. The van der Waals surface area contributed by atoms with E-state index in [0.29, 0.717) is 19.7 Å². The maximum atomic E-state index is 11.9. The van der Waals surface area contributed by atoms with Gasteiger partial charge in [0.15, 0.2) is 5.96 Å². The topological polar surface area (TPSA) is 88.3 Å². The van der Waals surface area contributed by atoms with Crippen molar-refractivity contribution in [1.29, 1.82) is 0 Å². The van der Waals surface area contributed by atoms with Gasteiger partial charge in [-0.15, -0.1) is 0 Å². The molecule has 8 nitrogen and oxygen atoms in total. The number of nitrogens with one attached hydrogen (secondary N) is 2. The lowest BCUT2D eigenvalue weighted by Gasteiger charge is -2.32. The Bertz CT molecular complexity index is 611. The minimum Gasteiger partial charge on any atom is -0.469 e. The van der Waals surface area contributed by atoms with E-state index in [2.05, 4.69) is 24.5 Å². The van der Waals surface area contributed by atoms with Gasteiger partial charge in [-0.2, -0.15) is 0 Å². The third kappa shape index (κ3) is 9.52. The molecule has 1 aliphatic rings. The Morgan fingerprint density at radius 1 is 1.33 bits per heavy atom. The summed E-state index contributed by atoms with van der Waals surface area (Å²) in [5.74, 6) is 1.77. The summed E-state index contributed by atoms with van der Waals surface area (Å²) < 4.78 is 16.1. The summed E-state index contributed by atoms with van der Waals surface area (Å²) >= 11 is 0. The number of nitrogens with zero attached hydrogens (tertiary/aromatic N) is 2. The molecule has 0 aromatic carbocycles. The molecule has 2 N–H and O–H groups in total. The number of piperidine rings is 1. The lowest BCUT2D eigenvalue weighted by molar-refractivity contribution is 0.0763. The minimum atomic E-state index is -0.218. The van der Waals surface area contributed by atoms with Gasteiger partial charge in [-0.25, -0.2) is 4.79 Å². The van der Waals surface area contributed by atoms with Gasteiger partial charge >= 0.3 is 6.09 Å². The molecule has 0 spiro atoms. The van der Waals surface area contributed by atoms with E-state index in [4.69, 9.17) is 18.9 Å². The summed E-state index contributed by atoms with van der Waals surface area (Å²) in [4.78, 5) is 18.4. The van der Waals surface area contributed by atoms with Crippen LogP contribution in [0.2, 0.25) is 0 Å². The van der Waals surface area contributed by atoms with Crippen molar-refractivity contribution in [2.45, 2.75) is 65.0 Å². The number of rotatable bonds is 11. The Morgan fingerprint density at radius 3 is 2.80 bits per heavy atom. The van der Waals surface area contributed by atoms with Gasteiger partial charge in [-0.05, 0) is 58.6 Å². The van der Waals surface area contributed by atoms with E-state index >= 15 is 0 Å². The number of carbonyl (C=O) groups excluding carboxylic acids is 1. The van der Waals surface area contributed by atoms with Gasteiger partial charge in [0, 0.05) is 45.2 Å². The van der Waals surface area contributed by atoms with Crippen molar-refractivity contribution in [2.24, 2.45) is 4.99 Å². The van der Waals surface area contributed by atoms with Crippen molar-refractivity contribution < 1.29 is 18.7 Å². The summed E-state index contributed by atoms with van der Waals surface area (Å²) in [6.45, 7) is 10.0. The SMILES string of the molecule is CCOC(=O)N1CCC(NC(=NCCCCOC(C)C)NCCc2ccco2)CC1. The van der Waals surface area contributed by atoms with Gasteiger partial charge < -0.3 is 29.4 Å². The lowest BCUT2D eigenvalue weighted by Crippen LogP contribution is -2.50. The van der Waals surface area contributed by atoms with E-state index in [0.717, 1.165) is 63.5 Å².